The van der Waals surface area contributed by atoms with Crippen LogP contribution in [-0.2, 0) is 30.8 Å². The van der Waals surface area contributed by atoms with Crippen LogP contribution in [-0.4, -0.2) is 11.2 Å². The molecule has 0 amide bonds. The lowest BCUT2D eigenvalue weighted by Gasteiger charge is -2.35. The first-order chi connectivity index (χ1) is 16.3. The van der Waals surface area contributed by atoms with Crippen molar-refractivity contribution in [3.63, 3.8) is 0 Å². The molecule has 0 spiro atoms. The van der Waals surface area contributed by atoms with Crippen LogP contribution in [0.25, 0.3) is 0 Å². The minimum Gasteiger partial charge on any atom is -0.230 e. The van der Waals surface area contributed by atoms with Crippen molar-refractivity contribution < 1.29 is 19.6 Å². The fraction of sp³-hybridized carbons (Fsp3) is 0.625. The lowest BCUT2D eigenvalue weighted by atomic mass is 9.85. The van der Waals surface area contributed by atoms with Crippen molar-refractivity contribution >= 4 is 0 Å². The van der Waals surface area contributed by atoms with Gasteiger partial charge in [0.25, 0.3) is 0 Å². The van der Waals surface area contributed by atoms with E-state index in [0.717, 1.165) is 11.1 Å². The van der Waals surface area contributed by atoms with Crippen LogP contribution in [0.4, 0.5) is 0 Å². The molecule has 204 valence electrons. The smallest absolute Gasteiger partial charge is 0.123 e. The van der Waals surface area contributed by atoms with Crippen molar-refractivity contribution in [3.8, 4) is 0 Å². The standard InChI is InChI=1S/C20H34O4.C12H18/c1-17(2,3)21-23-19(7,8)15-13-11-12-14-16(15)20(9,10)24-22-18(4,5)6;1-9(2)11-7-5-6-8-12(11)10(3)4/h11-14H,1-10H3;5-10H,1-4H3. The van der Waals surface area contributed by atoms with Gasteiger partial charge in [0, 0.05) is 0 Å². The topological polar surface area (TPSA) is 36.9 Å². The van der Waals surface area contributed by atoms with Crippen molar-refractivity contribution in [1.82, 2.24) is 0 Å². The first kappa shape index (κ1) is 32.3. The number of benzene rings is 2. The molecule has 0 aromatic heterocycles. The van der Waals surface area contributed by atoms with E-state index in [1.807, 2.05) is 93.5 Å². The molecule has 0 fully saturated rings. The van der Waals surface area contributed by atoms with E-state index >= 15 is 0 Å². The van der Waals surface area contributed by atoms with Gasteiger partial charge in [-0.15, -0.1) is 0 Å². The Kier molecular flexibility index (Phi) is 11.4. The third-order valence-corrected chi connectivity index (χ3v) is 5.46. The molecule has 0 bridgehead atoms. The quantitative estimate of drug-likeness (QED) is 0.267. The van der Waals surface area contributed by atoms with E-state index in [-0.39, 0.29) is 11.2 Å². The molecule has 36 heavy (non-hydrogen) atoms. The van der Waals surface area contributed by atoms with Gasteiger partial charge in [0.05, 0.1) is 11.2 Å². The normalized spacial score (nSPS) is 13.1. The summed E-state index contributed by atoms with van der Waals surface area (Å²) in [6, 6.07) is 16.8. The second-order valence-electron chi connectivity index (χ2n) is 13.1. The van der Waals surface area contributed by atoms with Crippen molar-refractivity contribution in [2.75, 3.05) is 0 Å². The Morgan fingerprint density at radius 1 is 0.444 bits per heavy atom. The highest BCUT2D eigenvalue weighted by molar-refractivity contribution is 5.35. The zero-order valence-corrected chi connectivity index (χ0v) is 25.4. The Bertz CT molecular complexity index is 852. The summed E-state index contributed by atoms with van der Waals surface area (Å²) in [4.78, 5) is 22.6. The van der Waals surface area contributed by atoms with Gasteiger partial charge < -0.3 is 0 Å². The summed E-state index contributed by atoms with van der Waals surface area (Å²) in [6.45, 7) is 28.7. The van der Waals surface area contributed by atoms with Crippen molar-refractivity contribution in [2.45, 2.75) is 131 Å². The van der Waals surface area contributed by atoms with E-state index in [1.165, 1.54) is 11.1 Å². The number of hydrogen-bond donors (Lipinski definition) is 0. The largest absolute Gasteiger partial charge is 0.230 e. The molecule has 2 aromatic rings. The zero-order valence-electron chi connectivity index (χ0n) is 25.4. The molecule has 0 heterocycles. The van der Waals surface area contributed by atoms with Crippen molar-refractivity contribution in [1.29, 1.82) is 0 Å². The molecule has 2 rings (SSSR count). The highest BCUT2D eigenvalue weighted by Crippen LogP contribution is 2.37. The van der Waals surface area contributed by atoms with Crippen LogP contribution in [0.2, 0.25) is 0 Å². The van der Waals surface area contributed by atoms with E-state index in [0.29, 0.717) is 11.8 Å². The molecule has 0 aliphatic rings. The van der Waals surface area contributed by atoms with Gasteiger partial charge in [-0.3, -0.25) is 0 Å². The molecule has 4 nitrogen and oxygen atoms in total. The second kappa shape index (κ2) is 12.7. The molecule has 2 aromatic carbocycles. The summed E-state index contributed by atoms with van der Waals surface area (Å²) in [5, 5.41) is 0. The highest BCUT2D eigenvalue weighted by atomic mass is 17.2. The molecule has 0 radical (unpaired) electrons. The van der Waals surface area contributed by atoms with Gasteiger partial charge in [0.1, 0.15) is 11.2 Å². The van der Waals surface area contributed by atoms with Crippen molar-refractivity contribution in [3.05, 3.63) is 70.8 Å². The van der Waals surface area contributed by atoms with Crippen LogP contribution in [0.1, 0.15) is 131 Å². The van der Waals surface area contributed by atoms with Gasteiger partial charge in [0.15, 0.2) is 0 Å². The Labute approximate surface area is 221 Å². The monoisotopic (exact) mass is 500 g/mol. The highest BCUT2D eigenvalue weighted by Gasteiger charge is 2.35. The molecular formula is C32H52O4. The minimum absolute atomic E-state index is 0.381. The Balaban J connectivity index is 0.000000450. The van der Waals surface area contributed by atoms with Crippen molar-refractivity contribution in [2.24, 2.45) is 0 Å². The van der Waals surface area contributed by atoms with E-state index in [4.69, 9.17) is 19.6 Å². The fourth-order valence-corrected chi connectivity index (χ4v) is 3.64. The first-order valence-electron chi connectivity index (χ1n) is 13.2. The molecule has 0 aliphatic carbocycles. The maximum absolute atomic E-state index is 5.76. The summed E-state index contributed by atoms with van der Waals surface area (Å²) >= 11 is 0. The number of hydrogen-bond acceptors (Lipinski definition) is 4. The predicted octanol–water partition coefficient (Wildman–Crippen LogP) is 9.58. The van der Waals surface area contributed by atoms with Crippen LogP contribution >= 0.6 is 0 Å². The third kappa shape index (κ3) is 10.7. The zero-order chi connectivity index (χ0) is 27.9. The second-order valence-corrected chi connectivity index (χ2v) is 13.1. The summed E-state index contributed by atoms with van der Waals surface area (Å²) in [5.41, 5.74) is 2.95. The molecular weight excluding hydrogens is 448 g/mol. The first-order valence-corrected chi connectivity index (χ1v) is 13.2. The lowest BCUT2D eigenvalue weighted by Crippen LogP contribution is -2.34. The SMILES string of the molecule is CC(C)(C)OOC(C)(C)c1ccccc1C(C)(C)OOC(C)(C)C.CC(C)c1ccccc1C(C)C. The lowest BCUT2D eigenvalue weighted by molar-refractivity contribution is -0.407. The van der Waals surface area contributed by atoms with Gasteiger partial charge >= 0.3 is 0 Å². The maximum Gasteiger partial charge on any atom is 0.123 e. The van der Waals surface area contributed by atoms with E-state index < -0.39 is 11.2 Å². The number of rotatable bonds is 8. The minimum atomic E-state index is -0.633. The van der Waals surface area contributed by atoms with E-state index in [1.54, 1.807) is 0 Å². The Morgan fingerprint density at radius 3 is 0.972 bits per heavy atom. The average Bonchev–Trinajstić information content (AvgIpc) is 2.76. The molecule has 0 saturated heterocycles. The average molecular weight is 501 g/mol. The molecule has 0 saturated carbocycles. The van der Waals surface area contributed by atoms with Gasteiger partial charge in [-0.05, 0) is 103 Å². The van der Waals surface area contributed by atoms with Gasteiger partial charge in [-0.1, -0.05) is 76.2 Å². The van der Waals surface area contributed by atoms with Crippen LogP contribution in [0.15, 0.2) is 48.5 Å². The van der Waals surface area contributed by atoms with Crippen LogP contribution in [0.3, 0.4) is 0 Å². The fourth-order valence-electron chi connectivity index (χ4n) is 3.64. The summed E-state index contributed by atoms with van der Waals surface area (Å²) in [6.07, 6.45) is 0. The van der Waals surface area contributed by atoms with Crippen LogP contribution < -0.4 is 0 Å². The summed E-state index contributed by atoms with van der Waals surface area (Å²) in [5.74, 6) is 1.28. The predicted molar refractivity (Wildman–Crippen MR) is 151 cm³/mol. The Hall–Kier alpha value is -1.72. The van der Waals surface area contributed by atoms with E-state index in [9.17, 15) is 0 Å². The van der Waals surface area contributed by atoms with E-state index in [2.05, 4.69) is 52.0 Å². The molecule has 4 heteroatoms. The summed E-state index contributed by atoms with van der Waals surface area (Å²) < 4.78 is 0. The van der Waals surface area contributed by atoms with Crippen LogP contribution in [0.5, 0.6) is 0 Å². The molecule has 0 N–H and O–H groups in total. The molecule has 0 atom stereocenters. The molecule has 0 aliphatic heterocycles. The van der Waals surface area contributed by atoms with Gasteiger partial charge in [-0.25, -0.2) is 19.6 Å². The molecule has 0 unspecified atom stereocenters. The van der Waals surface area contributed by atoms with Gasteiger partial charge in [-0.2, -0.15) is 0 Å². The van der Waals surface area contributed by atoms with Crippen LogP contribution in [0, 0.1) is 0 Å². The third-order valence-electron chi connectivity index (χ3n) is 5.46. The Morgan fingerprint density at radius 2 is 0.722 bits per heavy atom. The summed E-state index contributed by atoms with van der Waals surface area (Å²) in [7, 11) is 0. The maximum atomic E-state index is 5.76. The van der Waals surface area contributed by atoms with Gasteiger partial charge in [0.2, 0.25) is 0 Å².